The predicted molar refractivity (Wildman–Crippen MR) is 126 cm³/mol. The Balaban J connectivity index is 1.48. The van der Waals surface area contributed by atoms with Crippen molar-refractivity contribution < 1.29 is 14.2 Å². The summed E-state index contributed by atoms with van der Waals surface area (Å²) < 4.78 is 18.7. The van der Waals surface area contributed by atoms with Crippen molar-refractivity contribution in [1.82, 2.24) is 14.8 Å². The van der Waals surface area contributed by atoms with E-state index in [-0.39, 0.29) is 29.6 Å². The van der Waals surface area contributed by atoms with Crippen LogP contribution in [0.2, 0.25) is 0 Å². The Hall–Kier alpha value is -2.98. The van der Waals surface area contributed by atoms with E-state index in [0.717, 1.165) is 23.3 Å². The molecule has 0 unspecified atom stereocenters. The van der Waals surface area contributed by atoms with Crippen LogP contribution in [0.1, 0.15) is 56.0 Å². The first-order valence-electron chi connectivity index (χ1n) is 11.0. The maximum Gasteiger partial charge on any atom is 0.271 e. The average molecular weight is 469 g/mol. The number of H-pyrrole nitrogens is 2. The smallest absolute Gasteiger partial charge is 0.271 e. The minimum Gasteiger partial charge on any atom is -0.454 e. The summed E-state index contributed by atoms with van der Waals surface area (Å²) in [5.74, 6) is 1.85. The molecule has 0 amide bonds. The number of aliphatic imine (C=N–C) groups is 1. The lowest BCUT2D eigenvalue weighted by atomic mass is 9.94. The van der Waals surface area contributed by atoms with Gasteiger partial charge in [-0.15, -0.1) is 0 Å². The maximum absolute atomic E-state index is 13.2. The minimum atomic E-state index is -0.464. The van der Waals surface area contributed by atoms with Crippen molar-refractivity contribution in [3.63, 3.8) is 0 Å². The van der Waals surface area contributed by atoms with Crippen molar-refractivity contribution >= 4 is 33.5 Å². The highest BCUT2D eigenvalue weighted by Crippen LogP contribution is 2.45. The zero-order chi connectivity index (χ0) is 22.9. The molecule has 0 radical (unpaired) electrons. The van der Waals surface area contributed by atoms with Crippen molar-refractivity contribution in [3.8, 4) is 11.5 Å². The number of aromatic amines is 2. The normalized spacial score (nSPS) is 23.4. The molecule has 0 aliphatic carbocycles. The number of hydrogen-bond donors (Lipinski definition) is 2. The molecule has 6 rings (SSSR count). The Morgan fingerprint density at radius 2 is 1.94 bits per heavy atom. The lowest BCUT2D eigenvalue weighted by Crippen LogP contribution is -2.35. The number of benzene rings is 1. The van der Waals surface area contributed by atoms with Gasteiger partial charge in [0.05, 0.1) is 33.0 Å². The SMILES string of the molecule is CC1=Nc2c(c(=O)[nH]n2[C@H]2CCOC(C)(C)C2)[C@H](c2cc3cc4c(cc3[nH]c2=O)OCO4)S1. The number of nitrogens with zero attached hydrogens (tertiary/aromatic N) is 2. The first-order chi connectivity index (χ1) is 15.8. The summed E-state index contributed by atoms with van der Waals surface area (Å²) in [5, 5.41) is 4.17. The van der Waals surface area contributed by atoms with E-state index in [2.05, 4.69) is 23.9 Å². The first-order valence-corrected chi connectivity index (χ1v) is 11.8. The van der Waals surface area contributed by atoms with Crippen LogP contribution in [0, 0.1) is 0 Å². The highest BCUT2D eigenvalue weighted by atomic mass is 32.2. The average Bonchev–Trinajstić information content (AvgIpc) is 3.34. The van der Waals surface area contributed by atoms with Crippen molar-refractivity contribution in [3.05, 3.63) is 50.0 Å². The maximum atomic E-state index is 13.2. The lowest BCUT2D eigenvalue weighted by molar-refractivity contribution is -0.0705. The molecule has 2 aromatic heterocycles. The molecule has 2 atom stereocenters. The zero-order valence-electron chi connectivity index (χ0n) is 18.6. The van der Waals surface area contributed by atoms with E-state index in [1.165, 1.54) is 11.8 Å². The third-order valence-electron chi connectivity index (χ3n) is 6.43. The second kappa shape index (κ2) is 7.26. The van der Waals surface area contributed by atoms with Crippen LogP contribution in [0.3, 0.4) is 0 Å². The second-order valence-corrected chi connectivity index (χ2v) is 10.6. The molecule has 1 fully saturated rings. The van der Waals surface area contributed by atoms with Gasteiger partial charge in [-0.05, 0) is 45.7 Å². The zero-order valence-corrected chi connectivity index (χ0v) is 19.4. The largest absolute Gasteiger partial charge is 0.454 e. The number of hydrogen-bond acceptors (Lipinski definition) is 7. The van der Waals surface area contributed by atoms with Gasteiger partial charge in [0.2, 0.25) is 6.79 Å². The molecular weight excluding hydrogens is 444 g/mol. The molecule has 1 saturated heterocycles. The van der Waals surface area contributed by atoms with Gasteiger partial charge < -0.3 is 19.2 Å². The van der Waals surface area contributed by atoms with Gasteiger partial charge in [-0.1, -0.05) is 11.8 Å². The highest BCUT2D eigenvalue weighted by Gasteiger charge is 2.36. The van der Waals surface area contributed by atoms with E-state index in [1.54, 1.807) is 6.07 Å². The molecule has 0 spiro atoms. The van der Waals surface area contributed by atoms with Crippen LogP contribution >= 0.6 is 11.8 Å². The third-order valence-corrected chi connectivity index (χ3v) is 7.59. The van der Waals surface area contributed by atoms with Crippen LogP contribution in [0.5, 0.6) is 11.5 Å². The fourth-order valence-corrected chi connectivity index (χ4v) is 6.03. The molecule has 5 heterocycles. The van der Waals surface area contributed by atoms with Crippen LogP contribution in [-0.2, 0) is 4.74 Å². The van der Waals surface area contributed by atoms with Crippen LogP contribution in [0.25, 0.3) is 10.9 Å². The molecule has 9 nitrogen and oxygen atoms in total. The Bertz CT molecular complexity index is 1430. The molecule has 172 valence electrons. The van der Waals surface area contributed by atoms with Crippen LogP contribution < -0.4 is 20.6 Å². The predicted octanol–water partition coefficient (Wildman–Crippen LogP) is 3.76. The van der Waals surface area contributed by atoms with Crippen molar-refractivity contribution in [1.29, 1.82) is 0 Å². The summed E-state index contributed by atoms with van der Waals surface area (Å²) in [6, 6.07) is 5.53. The summed E-state index contributed by atoms with van der Waals surface area (Å²) in [5.41, 5.74) is 0.959. The summed E-state index contributed by atoms with van der Waals surface area (Å²) in [6.45, 7) is 6.80. The van der Waals surface area contributed by atoms with Gasteiger partial charge in [0, 0.05) is 23.6 Å². The molecule has 3 aliphatic rings. The van der Waals surface area contributed by atoms with Crippen LogP contribution in [-0.4, -0.2) is 38.8 Å². The van der Waals surface area contributed by atoms with Crippen molar-refractivity contribution in [2.75, 3.05) is 13.4 Å². The van der Waals surface area contributed by atoms with Gasteiger partial charge in [0.25, 0.3) is 11.1 Å². The molecule has 2 N–H and O–H groups in total. The van der Waals surface area contributed by atoms with E-state index in [0.29, 0.717) is 40.6 Å². The van der Waals surface area contributed by atoms with Crippen molar-refractivity contribution in [2.24, 2.45) is 4.99 Å². The van der Waals surface area contributed by atoms with Gasteiger partial charge in [0.1, 0.15) is 0 Å². The minimum absolute atomic E-state index is 0.0696. The monoisotopic (exact) mass is 468 g/mol. The standard InChI is InChI=1S/C23H24N4O5S/c1-11-24-20-18(22(29)26-27(20)13-4-5-32-23(2,3)9-13)19(33-11)14-6-12-7-16-17(31-10-30-16)8-15(12)25-21(14)28/h6-8,13,19H,4-5,9-10H2,1-3H3,(H,25,28)(H,26,29)/t13-,19-/m0/s1. The number of thioether (sulfide) groups is 1. The summed E-state index contributed by atoms with van der Waals surface area (Å²) >= 11 is 1.42. The molecule has 1 aromatic carbocycles. The molecular formula is C23H24N4O5S. The molecule has 33 heavy (non-hydrogen) atoms. The van der Waals surface area contributed by atoms with Gasteiger partial charge in [-0.3, -0.25) is 19.4 Å². The van der Waals surface area contributed by atoms with Gasteiger partial charge in [-0.25, -0.2) is 4.99 Å². The lowest BCUT2D eigenvalue weighted by Gasteiger charge is -2.36. The molecule has 0 saturated carbocycles. The number of aromatic nitrogens is 3. The van der Waals surface area contributed by atoms with Crippen LogP contribution in [0.4, 0.5) is 5.82 Å². The Morgan fingerprint density at radius 1 is 1.15 bits per heavy atom. The fourth-order valence-electron chi connectivity index (χ4n) is 4.92. The number of nitrogens with one attached hydrogen (secondary N) is 2. The molecule has 0 bridgehead atoms. The quantitative estimate of drug-likeness (QED) is 0.593. The fraction of sp³-hybridized carbons (Fsp3) is 0.435. The molecule has 3 aromatic rings. The highest BCUT2D eigenvalue weighted by molar-refractivity contribution is 8.14. The third kappa shape index (κ3) is 3.39. The number of fused-ring (bicyclic) bond motifs is 3. The molecule has 3 aliphatic heterocycles. The van der Waals surface area contributed by atoms with E-state index in [4.69, 9.17) is 19.2 Å². The topological polar surface area (TPSA) is 111 Å². The summed E-state index contributed by atoms with van der Waals surface area (Å²) in [4.78, 5) is 34.0. The van der Waals surface area contributed by atoms with E-state index in [1.807, 2.05) is 23.7 Å². The Kier molecular flexibility index (Phi) is 4.54. The Labute approximate surface area is 193 Å². The number of rotatable bonds is 2. The van der Waals surface area contributed by atoms with Gasteiger partial charge in [-0.2, -0.15) is 0 Å². The summed E-state index contributed by atoms with van der Waals surface area (Å²) in [7, 11) is 0. The molecule has 10 heteroatoms. The van der Waals surface area contributed by atoms with E-state index in [9.17, 15) is 9.59 Å². The first kappa shape index (κ1) is 20.6. The Morgan fingerprint density at radius 3 is 2.73 bits per heavy atom. The second-order valence-electron chi connectivity index (χ2n) is 9.28. The van der Waals surface area contributed by atoms with E-state index < -0.39 is 5.25 Å². The number of ether oxygens (including phenoxy) is 3. The van der Waals surface area contributed by atoms with Gasteiger partial charge in [0.15, 0.2) is 17.3 Å². The van der Waals surface area contributed by atoms with Gasteiger partial charge >= 0.3 is 0 Å². The summed E-state index contributed by atoms with van der Waals surface area (Å²) in [6.07, 6.45) is 1.55. The van der Waals surface area contributed by atoms with Crippen LogP contribution in [0.15, 0.2) is 32.8 Å². The van der Waals surface area contributed by atoms with Crippen molar-refractivity contribution in [2.45, 2.75) is 50.5 Å². The number of pyridine rings is 1. The van der Waals surface area contributed by atoms with E-state index >= 15 is 0 Å².